The second-order valence-electron chi connectivity index (χ2n) is 16.7. The molecule has 0 bridgehead atoms. The molecule has 3 N–H and O–H groups in total. The van der Waals surface area contributed by atoms with Gasteiger partial charge in [0.15, 0.2) is 34.9 Å². The Hall–Kier alpha value is -4.80. The second-order valence-corrected chi connectivity index (χ2v) is 16.9. The number of nitrogens with zero attached hydrogens (tertiary/aromatic N) is 6. The minimum atomic E-state index is -0.357. The number of halogens is 1. The van der Waals surface area contributed by atoms with E-state index in [-0.39, 0.29) is 140 Å². The van der Waals surface area contributed by atoms with Gasteiger partial charge in [0, 0.05) is 28.3 Å². The number of hydrogen-bond donors (Lipinski definition) is 3. The molecule has 0 fully saturated rings. The first-order valence-corrected chi connectivity index (χ1v) is 23.0. The third kappa shape index (κ3) is 17.7. The van der Waals surface area contributed by atoms with Gasteiger partial charge in [0.1, 0.15) is 23.1 Å². The van der Waals surface area contributed by atoms with E-state index in [9.17, 15) is 20.1 Å². The van der Waals surface area contributed by atoms with Crippen LogP contribution in [0.25, 0.3) is 68.3 Å². The van der Waals surface area contributed by atoms with Crippen molar-refractivity contribution >= 4 is 24.0 Å². The molecular weight excluding hydrogens is 998 g/mol. The third-order valence-electron chi connectivity index (χ3n) is 11.4. The van der Waals surface area contributed by atoms with Gasteiger partial charge in [-0.25, -0.2) is 29.9 Å². The molecule has 0 unspecified atom stereocenters. The molecule has 0 saturated carbocycles. The van der Waals surface area contributed by atoms with Crippen molar-refractivity contribution in [3.05, 3.63) is 159 Å². The van der Waals surface area contributed by atoms with E-state index in [4.69, 9.17) is 41.6 Å². The van der Waals surface area contributed by atoms with Gasteiger partial charge >= 0.3 is 109 Å². The van der Waals surface area contributed by atoms with Crippen LogP contribution in [0.3, 0.4) is 0 Å². The number of ether oxygens (including phenoxy) is 1. The summed E-state index contributed by atoms with van der Waals surface area (Å²) in [5.74, 6) is 2.72. The first-order valence-electron chi connectivity index (χ1n) is 22.4. The van der Waals surface area contributed by atoms with Crippen molar-refractivity contribution in [3.63, 3.8) is 0 Å². The van der Waals surface area contributed by atoms with Crippen molar-refractivity contribution in [2.24, 2.45) is 0 Å². The largest absolute Gasteiger partial charge is 1.00 e. The molecule has 0 spiro atoms. The number of carbonyl (C=O) groups excluding carboxylic acids is 2. The molecule has 0 saturated heterocycles. The van der Waals surface area contributed by atoms with Crippen LogP contribution in [0.15, 0.2) is 109 Å². The van der Waals surface area contributed by atoms with Gasteiger partial charge in [-0.15, -0.1) is 11.6 Å². The van der Waals surface area contributed by atoms with Gasteiger partial charge in [-0.2, -0.15) is 0 Å². The van der Waals surface area contributed by atoms with Crippen LogP contribution in [0, 0.1) is 62.3 Å². The molecule has 0 aliphatic heterocycles. The van der Waals surface area contributed by atoms with Crippen LogP contribution in [0.2, 0.25) is 0 Å². The molecule has 0 aliphatic carbocycles. The van der Waals surface area contributed by atoms with Gasteiger partial charge in [-0.05, 0) is 168 Å². The molecule has 2 heterocycles. The number of aryl methyl sites for hydroxylation is 9. The van der Waals surface area contributed by atoms with E-state index >= 15 is 0 Å². The van der Waals surface area contributed by atoms with Crippen molar-refractivity contribution < 1.29 is 144 Å². The summed E-state index contributed by atoms with van der Waals surface area (Å²) in [5.41, 5.74) is 15.1. The smallest absolute Gasteiger partial charge is 1.00 e. The number of carbonyl (C=O) groups is 2. The maximum Gasteiger partial charge on any atom is 1.00 e. The summed E-state index contributed by atoms with van der Waals surface area (Å²) in [5, 5.41) is 39.0. The van der Waals surface area contributed by atoms with E-state index in [1.54, 1.807) is 19.1 Å². The summed E-state index contributed by atoms with van der Waals surface area (Å²) in [4.78, 5) is 49.5. The fraction of sp³-hybridized carbons (Fsp3) is 0.214. The average molecular weight is 1060 g/mol. The molecule has 6 aromatic carbocycles. The van der Waals surface area contributed by atoms with Crippen molar-refractivity contribution in [1.29, 1.82) is 0 Å². The van der Waals surface area contributed by atoms with Crippen molar-refractivity contribution in [3.8, 4) is 85.6 Å². The first kappa shape index (κ1) is 62.5. The van der Waals surface area contributed by atoms with E-state index in [2.05, 4.69) is 111 Å². The molecule has 73 heavy (non-hydrogen) atoms. The minimum absolute atomic E-state index is 0. The number of aromatic hydroxyl groups is 3. The number of phenols is 3. The quantitative estimate of drug-likeness (QED) is 0.0435. The maximum atomic E-state index is 10.5. The van der Waals surface area contributed by atoms with Gasteiger partial charge in [0.25, 0.3) is 6.47 Å². The zero-order valence-electron chi connectivity index (χ0n) is 44.3. The summed E-state index contributed by atoms with van der Waals surface area (Å²) < 4.78 is 4.42. The Morgan fingerprint density at radius 3 is 1.08 bits per heavy atom. The van der Waals surface area contributed by atoms with Crippen LogP contribution in [0.4, 0.5) is 0 Å². The summed E-state index contributed by atoms with van der Waals surface area (Å²) in [6.07, 6.45) is 0. The monoisotopic (exact) mass is 1050 g/mol. The molecule has 8 aromatic rings. The van der Waals surface area contributed by atoms with Gasteiger partial charge in [0.2, 0.25) is 0 Å². The Bertz CT molecular complexity index is 2860. The summed E-state index contributed by atoms with van der Waals surface area (Å²) in [6, 6.07) is 34.5. The maximum absolute atomic E-state index is 10.5. The zero-order valence-corrected chi connectivity index (χ0v) is 50.3. The van der Waals surface area contributed by atoms with E-state index in [1.165, 1.54) is 45.5 Å². The zero-order chi connectivity index (χ0) is 51.9. The topological polar surface area (TPSA) is 214 Å². The second kappa shape index (κ2) is 29.9. The van der Waals surface area contributed by atoms with Crippen LogP contribution in [-0.4, -0.2) is 70.2 Å². The van der Waals surface area contributed by atoms with E-state index in [0.717, 1.165) is 38.9 Å². The molecule has 0 aliphatic rings. The number of esters is 1. The molecular formula is C56H57ClK2N6O8. The Morgan fingerprint density at radius 1 is 0.507 bits per heavy atom. The molecule has 368 valence electrons. The SMILES string of the molecule is CCOC(=O)CCl.Cc1ccc(-c2nc(-c3ccc(C)c(C)c3)nc(-c3ccc(C)c(C)c3)n2)c(O)c1.Cc1ccc(-c2nc(-c3ccc(C)c(C)c3)nc(-c3ccc(O)cc3O)n2)cc1C.O=CO[O-].[H-].[K+].[K+]. The standard InChI is InChI=1S/C26H25N3O.C25H23N3O2.C4H7ClO2.CH2O3.2K.H/c1-15-6-11-22(23(30)12-15)26-28-24(20-9-7-16(2)18(4)13-20)27-25(29-26)21-10-8-17(3)19(5)14-21;1-14-5-7-18(11-16(14)3)23-26-24(19-8-6-15(2)17(4)12-19)28-25(27-23)21-10-9-20(29)13-22(21)30;1-2-7-4(6)3-5;2-1-4-3;;;/h6-14,30H,1-5H3;5-13,29-30H,1-4H3;2-3H2,1H3;1,3H;;;/q;;;;2*+1;-1/p-1. The molecule has 14 nitrogen and oxygen atoms in total. The summed E-state index contributed by atoms with van der Waals surface area (Å²) in [7, 11) is 0. The normalized spacial score (nSPS) is 10.1. The van der Waals surface area contributed by atoms with Crippen molar-refractivity contribution in [1.82, 2.24) is 29.9 Å². The van der Waals surface area contributed by atoms with Gasteiger partial charge in [-0.1, -0.05) is 54.6 Å². The molecule has 0 atom stereocenters. The molecule has 2 aromatic heterocycles. The van der Waals surface area contributed by atoms with Crippen LogP contribution < -0.4 is 108 Å². The Kier molecular flexibility index (Phi) is 25.6. The number of hydrogen-bond acceptors (Lipinski definition) is 14. The number of aromatic nitrogens is 6. The first-order chi connectivity index (χ1) is 33.8. The predicted molar refractivity (Wildman–Crippen MR) is 276 cm³/mol. The Labute approximate surface area is 518 Å². The number of alkyl halides is 1. The van der Waals surface area contributed by atoms with E-state index in [0.29, 0.717) is 52.7 Å². The summed E-state index contributed by atoms with van der Waals surface area (Å²) in [6.45, 7) is 20.5. The predicted octanol–water partition coefficient (Wildman–Crippen LogP) is 4.98. The van der Waals surface area contributed by atoms with Crippen LogP contribution in [-0.2, 0) is 19.2 Å². The summed E-state index contributed by atoms with van der Waals surface area (Å²) >= 11 is 5.06. The third-order valence-corrected chi connectivity index (χ3v) is 11.6. The Balaban J connectivity index is 0.000000408. The fourth-order valence-corrected chi connectivity index (χ4v) is 6.85. The van der Waals surface area contributed by atoms with Crippen LogP contribution in [0.5, 0.6) is 17.2 Å². The molecule has 8 rings (SSSR count). The van der Waals surface area contributed by atoms with Crippen LogP contribution in [0.1, 0.15) is 58.4 Å². The number of benzene rings is 6. The van der Waals surface area contributed by atoms with Gasteiger partial charge < -0.3 is 31.6 Å². The van der Waals surface area contributed by atoms with Crippen molar-refractivity contribution in [2.45, 2.75) is 69.2 Å². The van der Waals surface area contributed by atoms with Gasteiger partial charge in [0.05, 0.1) is 17.7 Å². The minimum Gasteiger partial charge on any atom is -1.00 e. The van der Waals surface area contributed by atoms with Crippen LogP contribution >= 0.6 is 11.6 Å². The Morgan fingerprint density at radius 2 is 0.822 bits per heavy atom. The molecule has 0 radical (unpaired) electrons. The van der Waals surface area contributed by atoms with Gasteiger partial charge in [-0.3, -0.25) is 9.59 Å². The van der Waals surface area contributed by atoms with Crippen molar-refractivity contribution in [2.75, 3.05) is 12.5 Å². The molecule has 0 amide bonds. The number of rotatable bonds is 9. The fourth-order valence-electron chi connectivity index (χ4n) is 6.77. The average Bonchev–Trinajstić information content (AvgIpc) is 3.35. The number of phenolic OH excluding ortho intramolecular Hbond substituents is 3. The van der Waals surface area contributed by atoms with E-state index in [1.807, 2.05) is 55.5 Å². The van der Waals surface area contributed by atoms with E-state index < -0.39 is 0 Å². The molecule has 17 heteroatoms.